The quantitative estimate of drug-likeness (QED) is 0.518. The third-order valence-corrected chi connectivity index (χ3v) is 5.47. The minimum Gasteiger partial charge on any atom is -0.447 e. The molecule has 0 unspecified atom stereocenters. The normalized spacial score (nSPS) is 18.1. The Bertz CT molecular complexity index is 624. The lowest BCUT2D eigenvalue weighted by Crippen LogP contribution is -2.44. The highest BCUT2D eigenvalue weighted by Gasteiger charge is 2.36. The van der Waals surface area contributed by atoms with Crippen LogP contribution in [0.3, 0.4) is 0 Å². The summed E-state index contributed by atoms with van der Waals surface area (Å²) in [6.07, 6.45) is 3.41. The zero-order chi connectivity index (χ0) is 20.0. The van der Waals surface area contributed by atoms with Crippen LogP contribution in [0.1, 0.15) is 39.5 Å². The topological polar surface area (TPSA) is 116 Å². The molecule has 1 heterocycles. The summed E-state index contributed by atoms with van der Waals surface area (Å²) < 4.78 is 59.6. The summed E-state index contributed by atoms with van der Waals surface area (Å²) in [4.78, 5) is 13.6. The maximum atomic E-state index is 12.0. The first-order valence-corrected chi connectivity index (χ1v) is 12.1. The molecular formula is C15H29NO8S2. The Morgan fingerprint density at radius 1 is 0.962 bits per heavy atom. The maximum Gasteiger partial charge on any atom is 0.410 e. The lowest BCUT2D eigenvalue weighted by molar-refractivity contribution is 0.0347. The van der Waals surface area contributed by atoms with Crippen molar-refractivity contribution in [2.75, 3.05) is 38.8 Å². The van der Waals surface area contributed by atoms with Crippen molar-refractivity contribution in [1.82, 2.24) is 4.90 Å². The molecule has 9 nitrogen and oxygen atoms in total. The van der Waals surface area contributed by atoms with E-state index in [2.05, 4.69) is 0 Å². The van der Waals surface area contributed by atoms with Crippen LogP contribution in [0, 0.1) is 5.41 Å². The summed E-state index contributed by atoms with van der Waals surface area (Å²) in [5, 5.41) is 0. The molecule has 26 heavy (non-hydrogen) atoms. The molecule has 0 bridgehead atoms. The molecule has 0 aromatic carbocycles. The first kappa shape index (κ1) is 23.1. The molecule has 1 amide bonds. The fourth-order valence-electron chi connectivity index (χ4n) is 2.88. The molecule has 0 saturated carbocycles. The largest absolute Gasteiger partial charge is 0.447 e. The standard InChI is InChI=1S/C15H29NO8S2/c1-13(2)24-14(17)16-9-5-15(6-10-16,7-11-22-25(3,18)19)8-12-23-26(4,20)21/h13H,5-12H2,1-4H3. The van der Waals surface area contributed by atoms with Gasteiger partial charge in [-0.05, 0) is 44.9 Å². The maximum absolute atomic E-state index is 12.0. The Morgan fingerprint density at radius 3 is 1.73 bits per heavy atom. The van der Waals surface area contributed by atoms with Gasteiger partial charge in [0.1, 0.15) is 0 Å². The molecular weight excluding hydrogens is 386 g/mol. The molecule has 0 atom stereocenters. The molecule has 0 aromatic rings. The summed E-state index contributed by atoms with van der Waals surface area (Å²) in [5.41, 5.74) is -0.357. The molecule has 154 valence electrons. The Balaban J connectivity index is 2.69. The highest BCUT2D eigenvalue weighted by molar-refractivity contribution is 7.86. The van der Waals surface area contributed by atoms with E-state index in [1.807, 2.05) is 0 Å². The Hall–Kier alpha value is -0.910. The molecule has 1 aliphatic rings. The summed E-state index contributed by atoms with van der Waals surface area (Å²) in [7, 11) is -7.09. The minimum atomic E-state index is -3.54. The average Bonchev–Trinajstić information content (AvgIpc) is 2.44. The Labute approximate surface area is 156 Å². The van der Waals surface area contributed by atoms with Crippen LogP contribution in [0.15, 0.2) is 0 Å². The SMILES string of the molecule is CC(C)OC(=O)N1CCC(CCOS(C)(=O)=O)(CCOS(C)(=O)=O)CC1. The van der Waals surface area contributed by atoms with Crippen molar-refractivity contribution in [1.29, 1.82) is 0 Å². The van der Waals surface area contributed by atoms with Crippen LogP contribution in [0.2, 0.25) is 0 Å². The van der Waals surface area contributed by atoms with Gasteiger partial charge in [-0.25, -0.2) is 4.79 Å². The van der Waals surface area contributed by atoms with E-state index in [1.54, 1.807) is 18.7 Å². The predicted octanol–water partition coefficient (Wildman–Crippen LogP) is 1.35. The molecule has 11 heteroatoms. The van der Waals surface area contributed by atoms with Crippen LogP contribution in [0.25, 0.3) is 0 Å². The Kier molecular flexibility index (Phi) is 8.31. The molecule has 0 radical (unpaired) electrons. The summed E-state index contributed by atoms with van der Waals surface area (Å²) >= 11 is 0. The van der Waals surface area contributed by atoms with Gasteiger partial charge < -0.3 is 9.64 Å². The van der Waals surface area contributed by atoms with Crippen molar-refractivity contribution in [2.24, 2.45) is 5.41 Å². The number of ether oxygens (including phenoxy) is 1. The number of carbonyl (C=O) groups excluding carboxylic acids is 1. The molecule has 1 rings (SSSR count). The number of amides is 1. The van der Waals surface area contributed by atoms with Gasteiger partial charge in [0.25, 0.3) is 20.2 Å². The number of hydrogen-bond acceptors (Lipinski definition) is 8. The summed E-state index contributed by atoms with van der Waals surface area (Å²) in [6.45, 7) is 4.46. The molecule has 1 fully saturated rings. The number of piperidine rings is 1. The number of nitrogens with zero attached hydrogens (tertiary/aromatic N) is 1. The van der Waals surface area contributed by atoms with E-state index in [4.69, 9.17) is 13.1 Å². The molecule has 0 spiro atoms. The van der Waals surface area contributed by atoms with Crippen LogP contribution >= 0.6 is 0 Å². The fraction of sp³-hybridized carbons (Fsp3) is 0.933. The first-order valence-electron chi connectivity index (χ1n) is 8.46. The van der Waals surface area contributed by atoms with Crippen LogP contribution in [0.5, 0.6) is 0 Å². The van der Waals surface area contributed by atoms with Crippen LogP contribution in [0.4, 0.5) is 4.79 Å². The number of rotatable bonds is 9. The van der Waals surface area contributed by atoms with Gasteiger partial charge in [-0.1, -0.05) is 0 Å². The van der Waals surface area contributed by atoms with E-state index in [9.17, 15) is 21.6 Å². The second kappa shape index (κ2) is 9.34. The van der Waals surface area contributed by atoms with Crippen LogP contribution in [-0.4, -0.2) is 72.7 Å². The van der Waals surface area contributed by atoms with E-state index in [0.29, 0.717) is 38.8 Å². The zero-order valence-corrected chi connectivity index (χ0v) is 17.4. The van der Waals surface area contributed by atoms with Gasteiger partial charge in [-0.3, -0.25) is 8.37 Å². The third kappa shape index (κ3) is 9.15. The lowest BCUT2D eigenvalue weighted by Gasteiger charge is -2.41. The highest BCUT2D eigenvalue weighted by Crippen LogP contribution is 2.39. The molecule has 0 N–H and O–H groups in total. The van der Waals surface area contributed by atoms with Crippen molar-refractivity contribution in [3.05, 3.63) is 0 Å². The fourth-order valence-corrected chi connectivity index (χ4v) is 3.66. The number of likely N-dealkylation sites (tertiary alicyclic amines) is 1. The van der Waals surface area contributed by atoms with Gasteiger partial charge in [-0.2, -0.15) is 16.8 Å². The number of carbonyl (C=O) groups is 1. The monoisotopic (exact) mass is 415 g/mol. The van der Waals surface area contributed by atoms with Crippen LogP contribution in [-0.2, 0) is 33.3 Å². The van der Waals surface area contributed by atoms with Gasteiger partial charge in [0.15, 0.2) is 0 Å². The van der Waals surface area contributed by atoms with E-state index < -0.39 is 20.2 Å². The minimum absolute atomic E-state index is 0.00808. The average molecular weight is 416 g/mol. The molecule has 0 aromatic heterocycles. The summed E-state index contributed by atoms with van der Waals surface area (Å²) in [6, 6.07) is 0. The second-order valence-corrected chi connectivity index (χ2v) is 10.3. The van der Waals surface area contributed by atoms with Gasteiger partial charge in [0.05, 0.1) is 31.8 Å². The van der Waals surface area contributed by atoms with Gasteiger partial charge >= 0.3 is 6.09 Å². The van der Waals surface area contributed by atoms with Crippen molar-refractivity contribution in [2.45, 2.75) is 45.6 Å². The summed E-state index contributed by atoms with van der Waals surface area (Å²) in [5.74, 6) is 0. The van der Waals surface area contributed by atoms with Crippen molar-refractivity contribution >= 4 is 26.3 Å². The molecule has 1 aliphatic heterocycles. The van der Waals surface area contributed by atoms with E-state index in [-0.39, 0.29) is 30.8 Å². The van der Waals surface area contributed by atoms with Gasteiger partial charge in [0.2, 0.25) is 0 Å². The first-order chi connectivity index (χ1) is 11.8. The lowest BCUT2D eigenvalue weighted by atomic mass is 9.73. The van der Waals surface area contributed by atoms with Gasteiger partial charge in [0, 0.05) is 13.1 Å². The smallest absolute Gasteiger partial charge is 0.410 e. The van der Waals surface area contributed by atoms with Crippen LogP contribution < -0.4 is 0 Å². The Morgan fingerprint density at radius 2 is 1.38 bits per heavy atom. The van der Waals surface area contributed by atoms with Crippen molar-refractivity contribution in [3.63, 3.8) is 0 Å². The molecule has 1 saturated heterocycles. The van der Waals surface area contributed by atoms with Gasteiger partial charge in [-0.15, -0.1) is 0 Å². The second-order valence-electron chi connectivity index (χ2n) is 6.97. The van der Waals surface area contributed by atoms with Crippen molar-refractivity contribution in [3.8, 4) is 0 Å². The highest BCUT2D eigenvalue weighted by atomic mass is 32.2. The van der Waals surface area contributed by atoms with Crippen molar-refractivity contribution < 1.29 is 34.7 Å². The zero-order valence-electron chi connectivity index (χ0n) is 15.8. The van der Waals surface area contributed by atoms with E-state index in [0.717, 1.165) is 12.5 Å². The van der Waals surface area contributed by atoms with E-state index in [1.165, 1.54) is 0 Å². The third-order valence-electron chi connectivity index (χ3n) is 4.28. The number of hydrogen-bond donors (Lipinski definition) is 0. The predicted molar refractivity (Wildman–Crippen MR) is 95.7 cm³/mol. The van der Waals surface area contributed by atoms with E-state index >= 15 is 0 Å². The molecule has 0 aliphatic carbocycles.